The summed E-state index contributed by atoms with van der Waals surface area (Å²) in [6, 6.07) is 0. The molecule has 3 heteroatoms. The van der Waals surface area contributed by atoms with Gasteiger partial charge in [0.2, 0.25) is 0 Å². The number of halogens is 1. The molecule has 3 fully saturated rings. The van der Waals surface area contributed by atoms with Gasteiger partial charge in [-0.05, 0) is 91.3 Å². The molecule has 0 aromatic rings. The second-order valence-electron chi connectivity index (χ2n) is 12.8. The second kappa shape index (κ2) is 9.90. The molecular weight excluding hydrogens is 507 g/mol. The van der Waals surface area contributed by atoms with Crippen molar-refractivity contribution in [2.75, 3.05) is 4.43 Å². The number of hydrogen-bond acceptors (Lipinski definition) is 2. The molecule has 8 unspecified atom stereocenters. The van der Waals surface area contributed by atoms with Gasteiger partial charge >= 0.3 is 5.97 Å². The van der Waals surface area contributed by atoms with Gasteiger partial charge in [0.25, 0.3) is 0 Å². The SMILES string of the molecule is CC(C)CCCC(C)C1CCC2C3CC=C4CC(OC(=O)CI)CCC4(C)C3CCC12C. The van der Waals surface area contributed by atoms with Crippen molar-refractivity contribution < 1.29 is 9.53 Å². The highest BCUT2D eigenvalue weighted by Crippen LogP contribution is 2.67. The smallest absolute Gasteiger partial charge is 0.316 e. The van der Waals surface area contributed by atoms with Crippen molar-refractivity contribution in [3.63, 3.8) is 0 Å². The van der Waals surface area contributed by atoms with Gasteiger partial charge in [0, 0.05) is 6.42 Å². The van der Waals surface area contributed by atoms with Crippen molar-refractivity contribution in [3.8, 4) is 0 Å². The number of rotatable bonds is 7. The Hall–Kier alpha value is -0.0600. The standard InChI is InChI=1S/C29H47IO2/c1-19(2)7-6-8-20(3)24-11-12-25-23-10-9-21-17-22(32-27(31)18-30)13-15-28(21,4)26(23)14-16-29(24,25)5/h9,19-20,22-26H,6-8,10-18H2,1-5H3. The average molecular weight is 555 g/mol. The molecule has 0 heterocycles. The number of ether oxygens (including phenoxy) is 1. The Labute approximate surface area is 211 Å². The lowest BCUT2D eigenvalue weighted by molar-refractivity contribution is -0.147. The molecule has 3 saturated carbocycles. The summed E-state index contributed by atoms with van der Waals surface area (Å²) in [5.41, 5.74) is 2.53. The zero-order chi connectivity index (χ0) is 23.1. The zero-order valence-corrected chi connectivity index (χ0v) is 23.5. The topological polar surface area (TPSA) is 26.3 Å². The van der Waals surface area contributed by atoms with Crippen LogP contribution in [0, 0.1) is 46.3 Å². The van der Waals surface area contributed by atoms with E-state index in [4.69, 9.17) is 4.74 Å². The summed E-state index contributed by atoms with van der Waals surface area (Å²) in [6.07, 6.45) is 17.3. The lowest BCUT2D eigenvalue weighted by Crippen LogP contribution is -2.51. The average Bonchev–Trinajstić information content (AvgIpc) is 3.11. The van der Waals surface area contributed by atoms with E-state index in [0.29, 0.717) is 15.3 Å². The highest BCUT2D eigenvalue weighted by molar-refractivity contribution is 14.1. The second-order valence-corrected chi connectivity index (χ2v) is 13.5. The Morgan fingerprint density at radius 1 is 1.09 bits per heavy atom. The van der Waals surface area contributed by atoms with Crippen LogP contribution in [0.1, 0.15) is 105 Å². The lowest BCUT2D eigenvalue weighted by atomic mass is 9.47. The molecule has 182 valence electrons. The fraction of sp³-hybridized carbons (Fsp3) is 0.897. The van der Waals surface area contributed by atoms with Crippen molar-refractivity contribution in [3.05, 3.63) is 11.6 Å². The molecule has 0 N–H and O–H groups in total. The molecule has 0 radical (unpaired) electrons. The molecule has 32 heavy (non-hydrogen) atoms. The molecule has 0 amide bonds. The number of esters is 1. The number of hydrogen-bond donors (Lipinski definition) is 0. The van der Waals surface area contributed by atoms with Crippen LogP contribution in [0.15, 0.2) is 11.6 Å². The predicted molar refractivity (Wildman–Crippen MR) is 142 cm³/mol. The third kappa shape index (κ3) is 4.59. The molecular formula is C29H47IO2. The van der Waals surface area contributed by atoms with Crippen LogP contribution in [0.4, 0.5) is 0 Å². The Morgan fingerprint density at radius 2 is 1.88 bits per heavy atom. The quantitative estimate of drug-likeness (QED) is 0.137. The number of carbonyl (C=O) groups excluding carboxylic acids is 1. The van der Waals surface area contributed by atoms with Crippen molar-refractivity contribution >= 4 is 28.6 Å². The Bertz CT molecular complexity index is 714. The van der Waals surface area contributed by atoms with E-state index >= 15 is 0 Å². The van der Waals surface area contributed by atoms with Gasteiger partial charge in [0.15, 0.2) is 0 Å². The van der Waals surface area contributed by atoms with Crippen molar-refractivity contribution in [2.24, 2.45) is 46.3 Å². The van der Waals surface area contributed by atoms with Crippen LogP contribution in [0.25, 0.3) is 0 Å². The third-order valence-electron chi connectivity index (χ3n) is 10.7. The maximum atomic E-state index is 11.8. The number of allylic oxidation sites excluding steroid dienone is 1. The number of carbonyl (C=O) groups is 1. The van der Waals surface area contributed by atoms with Gasteiger partial charge in [0.05, 0.1) is 4.43 Å². The predicted octanol–water partition coefficient (Wildman–Crippen LogP) is 8.37. The maximum Gasteiger partial charge on any atom is 0.316 e. The van der Waals surface area contributed by atoms with Crippen LogP contribution < -0.4 is 0 Å². The van der Waals surface area contributed by atoms with Gasteiger partial charge in [-0.25, -0.2) is 0 Å². The van der Waals surface area contributed by atoms with Gasteiger partial charge in [-0.2, -0.15) is 0 Å². The summed E-state index contributed by atoms with van der Waals surface area (Å²) in [5, 5.41) is 0. The van der Waals surface area contributed by atoms with E-state index in [1.807, 2.05) is 0 Å². The fourth-order valence-electron chi connectivity index (χ4n) is 8.97. The molecule has 0 saturated heterocycles. The highest BCUT2D eigenvalue weighted by Gasteiger charge is 2.59. The maximum absolute atomic E-state index is 11.8. The first-order valence-corrected chi connectivity index (χ1v) is 15.2. The minimum atomic E-state index is -0.0403. The summed E-state index contributed by atoms with van der Waals surface area (Å²) in [7, 11) is 0. The molecule has 4 aliphatic carbocycles. The van der Waals surface area contributed by atoms with Crippen LogP contribution >= 0.6 is 22.6 Å². The van der Waals surface area contributed by atoms with Crippen LogP contribution in [-0.4, -0.2) is 16.5 Å². The first-order valence-electron chi connectivity index (χ1n) is 13.6. The fourth-order valence-corrected chi connectivity index (χ4v) is 9.15. The first-order chi connectivity index (χ1) is 15.2. The Balaban J connectivity index is 1.45. The van der Waals surface area contributed by atoms with E-state index in [1.54, 1.807) is 5.57 Å². The third-order valence-corrected chi connectivity index (χ3v) is 11.3. The summed E-state index contributed by atoms with van der Waals surface area (Å²) in [4.78, 5) is 11.8. The summed E-state index contributed by atoms with van der Waals surface area (Å²) in [6.45, 7) is 12.6. The van der Waals surface area contributed by atoms with E-state index in [-0.39, 0.29) is 12.1 Å². The van der Waals surface area contributed by atoms with Gasteiger partial charge in [-0.3, -0.25) is 4.79 Å². The molecule has 0 aliphatic heterocycles. The zero-order valence-electron chi connectivity index (χ0n) is 21.3. The minimum absolute atomic E-state index is 0.0403. The molecule has 4 aliphatic rings. The summed E-state index contributed by atoms with van der Waals surface area (Å²) in [5.74, 6) is 5.26. The van der Waals surface area contributed by atoms with Crippen LogP contribution in [0.5, 0.6) is 0 Å². The van der Waals surface area contributed by atoms with Crippen LogP contribution in [0.2, 0.25) is 0 Å². The molecule has 8 atom stereocenters. The van der Waals surface area contributed by atoms with E-state index < -0.39 is 0 Å². The molecule has 0 spiro atoms. The lowest BCUT2D eigenvalue weighted by Gasteiger charge is -2.58. The van der Waals surface area contributed by atoms with Crippen molar-refractivity contribution in [1.29, 1.82) is 0 Å². The van der Waals surface area contributed by atoms with E-state index in [0.717, 1.165) is 48.3 Å². The molecule has 2 nitrogen and oxygen atoms in total. The Kier molecular flexibility index (Phi) is 7.75. The minimum Gasteiger partial charge on any atom is -0.461 e. The molecule has 4 rings (SSSR count). The molecule has 0 bridgehead atoms. The van der Waals surface area contributed by atoms with Gasteiger partial charge in [-0.15, -0.1) is 0 Å². The van der Waals surface area contributed by atoms with Gasteiger partial charge in [0.1, 0.15) is 6.10 Å². The van der Waals surface area contributed by atoms with Gasteiger partial charge in [-0.1, -0.05) is 88.1 Å². The summed E-state index contributed by atoms with van der Waals surface area (Å²) < 4.78 is 6.22. The molecule has 0 aromatic heterocycles. The first kappa shape index (κ1) is 25.0. The van der Waals surface area contributed by atoms with E-state index in [2.05, 4.69) is 63.3 Å². The van der Waals surface area contributed by atoms with Crippen molar-refractivity contribution in [1.82, 2.24) is 0 Å². The Morgan fingerprint density at radius 3 is 2.59 bits per heavy atom. The summed E-state index contributed by atoms with van der Waals surface area (Å²) >= 11 is 2.12. The largest absolute Gasteiger partial charge is 0.461 e. The van der Waals surface area contributed by atoms with Crippen LogP contribution in [0.3, 0.4) is 0 Å². The van der Waals surface area contributed by atoms with E-state index in [1.165, 1.54) is 57.8 Å². The van der Waals surface area contributed by atoms with Gasteiger partial charge < -0.3 is 4.74 Å². The van der Waals surface area contributed by atoms with Crippen molar-refractivity contribution in [2.45, 2.75) is 111 Å². The highest BCUT2D eigenvalue weighted by atomic mass is 127. The monoisotopic (exact) mass is 554 g/mol. The molecule has 0 aromatic carbocycles. The number of alkyl halides is 1. The number of fused-ring (bicyclic) bond motifs is 5. The van der Waals surface area contributed by atoms with Crippen LogP contribution in [-0.2, 0) is 9.53 Å². The van der Waals surface area contributed by atoms with E-state index in [9.17, 15) is 4.79 Å². The normalized spacial score (nSPS) is 42.0.